The summed E-state index contributed by atoms with van der Waals surface area (Å²) in [4.78, 5) is 12.5. The van der Waals surface area contributed by atoms with Crippen molar-refractivity contribution in [1.82, 2.24) is 15.0 Å². The van der Waals surface area contributed by atoms with Crippen molar-refractivity contribution in [2.24, 2.45) is 5.73 Å². The second-order valence-electron chi connectivity index (χ2n) is 6.84. The summed E-state index contributed by atoms with van der Waals surface area (Å²) < 4.78 is 0. The van der Waals surface area contributed by atoms with Gasteiger partial charge in [0.2, 0.25) is 0 Å². The Hall–Kier alpha value is -3.32. The SMILES string of the molecule is C1CCCCC1.CN.N=C(c1cccc(N)n1)c1cc(-c2cccnc2)ncc1N. The number of nitrogens with one attached hydrogen (secondary N) is 1. The van der Waals surface area contributed by atoms with Crippen molar-refractivity contribution in [3.63, 3.8) is 0 Å². The molecule has 158 valence electrons. The number of rotatable bonds is 3. The topological polar surface area (TPSA) is 141 Å². The van der Waals surface area contributed by atoms with Gasteiger partial charge in [0, 0.05) is 23.5 Å². The Labute approximate surface area is 178 Å². The van der Waals surface area contributed by atoms with Crippen molar-refractivity contribution in [3.8, 4) is 11.3 Å². The van der Waals surface area contributed by atoms with Crippen LogP contribution in [0, 0.1) is 5.41 Å². The Morgan fingerprint density at radius 3 is 2.13 bits per heavy atom. The second kappa shape index (κ2) is 12.3. The average molecular weight is 406 g/mol. The van der Waals surface area contributed by atoms with Gasteiger partial charge in [-0.25, -0.2) is 4.98 Å². The molecular weight excluding hydrogens is 374 g/mol. The van der Waals surface area contributed by atoms with E-state index >= 15 is 0 Å². The van der Waals surface area contributed by atoms with E-state index in [0.29, 0.717) is 28.5 Å². The van der Waals surface area contributed by atoms with E-state index in [1.165, 1.54) is 45.6 Å². The van der Waals surface area contributed by atoms with E-state index in [0.717, 1.165) is 5.56 Å². The molecule has 1 fully saturated rings. The summed E-state index contributed by atoms with van der Waals surface area (Å²) in [5.74, 6) is 0.363. The molecule has 0 amide bonds. The third-order valence-electron chi connectivity index (χ3n) is 4.69. The summed E-state index contributed by atoms with van der Waals surface area (Å²) in [7, 11) is 1.50. The molecule has 1 aliphatic rings. The molecule has 0 atom stereocenters. The first-order chi connectivity index (χ1) is 14.6. The van der Waals surface area contributed by atoms with E-state index in [4.69, 9.17) is 16.9 Å². The third-order valence-corrected chi connectivity index (χ3v) is 4.69. The maximum Gasteiger partial charge on any atom is 0.124 e. The molecule has 7 N–H and O–H groups in total. The zero-order valence-electron chi connectivity index (χ0n) is 17.5. The molecule has 0 radical (unpaired) electrons. The fourth-order valence-corrected chi connectivity index (χ4v) is 3.14. The number of nitrogens with two attached hydrogens (primary N) is 3. The lowest BCUT2D eigenvalue weighted by Gasteiger charge is -2.09. The lowest BCUT2D eigenvalue weighted by atomic mass is 10.0. The van der Waals surface area contributed by atoms with Gasteiger partial charge in [0.25, 0.3) is 0 Å². The summed E-state index contributed by atoms with van der Waals surface area (Å²) in [5, 5.41) is 8.33. The molecule has 7 heteroatoms. The molecule has 3 aromatic rings. The minimum atomic E-state index is 0.206. The van der Waals surface area contributed by atoms with E-state index < -0.39 is 0 Å². The molecule has 0 aromatic carbocycles. The van der Waals surface area contributed by atoms with Crippen molar-refractivity contribution in [2.75, 3.05) is 18.5 Å². The Morgan fingerprint density at radius 1 is 0.900 bits per heavy atom. The highest BCUT2D eigenvalue weighted by Crippen LogP contribution is 2.22. The van der Waals surface area contributed by atoms with Crippen LogP contribution in [0.1, 0.15) is 49.8 Å². The number of hydrogen-bond acceptors (Lipinski definition) is 7. The molecule has 0 aliphatic heterocycles. The fraction of sp³-hybridized carbons (Fsp3) is 0.304. The van der Waals surface area contributed by atoms with Gasteiger partial charge in [0.05, 0.1) is 29.0 Å². The van der Waals surface area contributed by atoms with Crippen LogP contribution in [-0.2, 0) is 0 Å². The predicted octanol–water partition coefficient (Wildman–Crippen LogP) is 4.03. The number of nitrogens with zero attached hydrogens (tertiary/aromatic N) is 3. The van der Waals surface area contributed by atoms with Crippen LogP contribution < -0.4 is 17.2 Å². The summed E-state index contributed by atoms with van der Waals surface area (Å²) in [6.45, 7) is 0. The molecule has 0 unspecified atom stereocenters. The first-order valence-electron chi connectivity index (χ1n) is 10.2. The van der Waals surface area contributed by atoms with Crippen molar-refractivity contribution in [3.05, 3.63) is 66.2 Å². The predicted molar refractivity (Wildman–Crippen MR) is 124 cm³/mol. The largest absolute Gasteiger partial charge is 0.397 e. The number of hydrogen-bond donors (Lipinski definition) is 4. The molecule has 0 bridgehead atoms. The highest BCUT2D eigenvalue weighted by atomic mass is 14.8. The van der Waals surface area contributed by atoms with Gasteiger partial charge >= 0.3 is 0 Å². The van der Waals surface area contributed by atoms with Crippen molar-refractivity contribution in [1.29, 1.82) is 5.41 Å². The number of pyridine rings is 3. The zero-order valence-corrected chi connectivity index (χ0v) is 17.5. The molecule has 4 rings (SSSR count). The molecule has 30 heavy (non-hydrogen) atoms. The van der Waals surface area contributed by atoms with Crippen LogP contribution in [0.4, 0.5) is 11.5 Å². The molecule has 1 saturated carbocycles. The van der Waals surface area contributed by atoms with E-state index in [1.807, 2.05) is 12.1 Å². The Balaban J connectivity index is 0.000000340. The lowest BCUT2D eigenvalue weighted by Crippen LogP contribution is -2.09. The quantitative estimate of drug-likeness (QED) is 0.485. The minimum Gasteiger partial charge on any atom is -0.397 e. The van der Waals surface area contributed by atoms with Gasteiger partial charge in [0.1, 0.15) is 5.82 Å². The molecule has 0 saturated heterocycles. The Kier molecular flexibility index (Phi) is 9.40. The van der Waals surface area contributed by atoms with Gasteiger partial charge in [-0.1, -0.05) is 44.6 Å². The third kappa shape index (κ3) is 6.63. The first kappa shape index (κ1) is 23.0. The monoisotopic (exact) mass is 405 g/mol. The smallest absolute Gasteiger partial charge is 0.124 e. The number of anilines is 2. The molecule has 7 nitrogen and oxygen atoms in total. The fourth-order valence-electron chi connectivity index (χ4n) is 3.14. The van der Waals surface area contributed by atoms with Crippen molar-refractivity contribution < 1.29 is 0 Å². The second-order valence-corrected chi connectivity index (χ2v) is 6.84. The van der Waals surface area contributed by atoms with E-state index in [1.54, 1.807) is 42.9 Å². The van der Waals surface area contributed by atoms with E-state index in [-0.39, 0.29) is 5.71 Å². The number of nitrogen functional groups attached to an aromatic ring is 2. The van der Waals surface area contributed by atoms with Gasteiger partial charge in [-0.2, -0.15) is 0 Å². The van der Waals surface area contributed by atoms with Gasteiger partial charge in [-0.3, -0.25) is 15.4 Å². The van der Waals surface area contributed by atoms with Gasteiger partial charge in [-0.05, 0) is 37.4 Å². The molecule has 1 aliphatic carbocycles. The summed E-state index contributed by atoms with van der Waals surface area (Å²) in [5.41, 5.74) is 19.4. The van der Waals surface area contributed by atoms with E-state index in [9.17, 15) is 0 Å². The highest BCUT2D eigenvalue weighted by molar-refractivity contribution is 6.13. The Morgan fingerprint density at radius 2 is 1.57 bits per heavy atom. The van der Waals surface area contributed by atoms with Crippen LogP contribution in [0.2, 0.25) is 0 Å². The Bertz CT molecular complexity index is 910. The maximum absolute atomic E-state index is 8.33. The highest BCUT2D eigenvalue weighted by Gasteiger charge is 2.12. The summed E-state index contributed by atoms with van der Waals surface area (Å²) in [6, 6.07) is 10.6. The van der Waals surface area contributed by atoms with Gasteiger partial charge < -0.3 is 17.2 Å². The maximum atomic E-state index is 8.33. The summed E-state index contributed by atoms with van der Waals surface area (Å²) in [6.07, 6.45) is 13.9. The van der Waals surface area contributed by atoms with Crippen LogP contribution in [0.3, 0.4) is 0 Å². The summed E-state index contributed by atoms with van der Waals surface area (Å²) >= 11 is 0. The zero-order chi connectivity index (χ0) is 21.8. The minimum absolute atomic E-state index is 0.206. The average Bonchev–Trinajstić information content (AvgIpc) is 2.82. The van der Waals surface area contributed by atoms with Crippen LogP contribution >= 0.6 is 0 Å². The van der Waals surface area contributed by atoms with Crippen LogP contribution in [0.25, 0.3) is 11.3 Å². The van der Waals surface area contributed by atoms with Crippen molar-refractivity contribution >= 4 is 17.2 Å². The molecule has 0 spiro atoms. The molecule has 3 heterocycles. The van der Waals surface area contributed by atoms with Gasteiger partial charge in [-0.15, -0.1) is 0 Å². The molecule has 3 aromatic heterocycles. The van der Waals surface area contributed by atoms with Crippen LogP contribution in [0.5, 0.6) is 0 Å². The standard InChI is InChI=1S/C16H14N6.C6H12.CH5N/c17-12-9-21-14(10-3-2-6-20-8-10)7-11(12)16(19)13-4-1-5-15(18)22-13;1-2-4-6-5-3-1;1-2/h1-9,19H,17H2,(H2,18,22);1-6H2;2H2,1H3. The molecular formula is C23H31N7. The van der Waals surface area contributed by atoms with Crippen molar-refractivity contribution in [2.45, 2.75) is 38.5 Å². The first-order valence-corrected chi connectivity index (χ1v) is 10.2. The number of aromatic nitrogens is 3. The van der Waals surface area contributed by atoms with E-state index in [2.05, 4.69) is 20.7 Å². The normalized spacial score (nSPS) is 12.6. The van der Waals surface area contributed by atoms with Crippen LogP contribution in [-0.4, -0.2) is 27.7 Å². The van der Waals surface area contributed by atoms with Gasteiger partial charge in [0.15, 0.2) is 0 Å². The van der Waals surface area contributed by atoms with Crippen LogP contribution in [0.15, 0.2) is 55.0 Å². The lowest BCUT2D eigenvalue weighted by molar-refractivity contribution is 0.504.